The Hall–Kier alpha value is -2.57. The second-order valence-electron chi connectivity index (χ2n) is 7.70. The van der Waals surface area contributed by atoms with Gasteiger partial charge in [0.05, 0.1) is 0 Å². The number of hydrogen-bond donors (Lipinski definition) is 2. The van der Waals surface area contributed by atoms with Crippen molar-refractivity contribution in [2.45, 2.75) is 57.0 Å². The van der Waals surface area contributed by atoms with E-state index in [1.54, 1.807) is 0 Å². The first-order valence-corrected chi connectivity index (χ1v) is 10.1. The molecule has 3 atom stereocenters. The van der Waals surface area contributed by atoms with Crippen LogP contribution in [-0.2, 0) is 20.7 Å². The van der Waals surface area contributed by atoms with Crippen molar-refractivity contribution in [3.05, 3.63) is 35.9 Å². The number of nitrogens with one attached hydrogen (secondary N) is 1. The highest BCUT2D eigenvalue weighted by atomic mass is 16.5. The lowest BCUT2D eigenvalue weighted by atomic mass is 9.78. The molecule has 0 unspecified atom stereocenters. The number of amides is 3. The summed E-state index contributed by atoms with van der Waals surface area (Å²) in [5, 5.41) is 2.42. The third kappa shape index (κ3) is 5.24. The van der Waals surface area contributed by atoms with E-state index in [0.29, 0.717) is 5.92 Å². The first-order chi connectivity index (χ1) is 13.5. The van der Waals surface area contributed by atoms with Crippen molar-refractivity contribution >= 4 is 17.9 Å². The summed E-state index contributed by atoms with van der Waals surface area (Å²) in [4.78, 5) is 38.4. The summed E-state index contributed by atoms with van der Waals surface area (Å²) in [6.07, 6.45) is 7.02. The van der Waals surface area contributed by atoms with Crippen LogP contribution < -0.4 is 11.1 Å². The SMILES string of the molecule is NC(=O)N[C@@H](Cc1ccccc1)C(=O)OCC(=O)N1CCC[C@@H]2CCCC[C@H]21. The molecular weight excluding hydrogens is 358 g/mol. The molecule has 28 heavy (non-hydrogen) atoms. The maximum atomic E-state index is 12.7. The van der Waals surface area contributed by atoms with Crippen LogP contribution in [0.15, 0.2) is 30.3 Å². The van der Waals surface area contributed by atoms with Crippen molar-refractivity contribution < 1.29 is 19.1 Å². The Kier molecular flexibility index (Phi) is 6.90. The van der Waals surface area contributed by atoms with Crippen LogP contribution in [0, 0.1) is 5.92 Å². The molecule has 1 aliphatic carbocycles. The Morgan fingerprint density at radius 2 is 1.82 bits per heavy atom. The minimum Gasteiger partial charge on any atom is -0.454 e. The molecule has 7 heteroatoms. The van der Waals surface area contributed by atoms with Gasteiger partial charge in [0.1, 0.15) is 6.04 Å². The molecule has 7 nitrogen and oxygen atoms in total. The topological polar surface area (TPSA) is 102 Å². The van der Waals surface area contributed by atoms with E-state index in [9.17, 15) is 14.4 Å². The number of hydrogen-bond acceptors (Lipinski definition) is 4. The molecule has 2 aliphatic rings. The predicted octanol–water partition coefficient (Wildman–Crippen LogP) is 1.99. The quantitative estimate of drug-likeness (QED) is 0.729. The highest BCUT2D eigenvalue weighted by Crippen LogP contribution is 2.35. The van der Waals surface area contributed by atoms with E-state index < -0.39 is 18.0 Å². The van der Waals surface area contributed by atoms with Gasteiger partial charge in [-0.2, -0.15) is 0 Å². The Balaban J connectivity index is 1.56. The molecule has 3 amide bonds. The highest BCUT2D eigenvalue weighted by molar-refractivity contribution is 5.85. The van der Waals surface area contributed by atoms with Crippen LogP contribution in [0.3, 0.4) is 0 Å². The summed E-state index contributed by atoms with van der Waals surface area (Å²) in [5.41, 5.74) is 6.06. The molecular formula is C21H29N3O4. The van der Waals surface area contributed by atoms with Crippen molar-refractivity contribution in [1.29, 1.82) is 0 Å². The second-order valence-corrected chi connectivity index (χ2v) is 7.70. The Morgan fingerprint density at radius 1 is 1.11 bits per heavy atom. The summed E-state index contributed by atoms with van der Waals surface area (Å²) < 4.78 is 5.27. The van der Waals surface area contributed by atoms with Gasteiger partial charge in [0, 0.05) is 19.0 Å². The molecule has 152 valence electrons. The van der Waals surface area contributed by atoms with Crippen molar-refractivity contribution in [3.8, 4) is 0 Å². The van der Waals surface area contributed by atoms with Gasteiger partial charge in [0.2, 0.25) is 0 Å². The van der Waals surface area contributed by atoms with Crippen LogP contribution in [0.4, 0.5) is 4.79 Å². The van der Waals surface area contributed by atoms with Crippen LogP contribution in [0.25, 0.3) is 0 Å². The van der Waals surface area contributed by atoms with Crippen LogP contribution >= 0.6 is 0 Å². The third-order valence-corrected chi connectivity index (χ3v) is 5.79. The minimum absolute atomic E-state index is 0.150. The fourth-order valence-corrected chi connectivity index (χ4v) is 4.47. The molecule has 1 saturated carbocycles. The standard InChI is InChI=1S/C21H29N3O4/c22-21(27)23-17(13-15-7-2-1-3-8-15)20(26)28-14-19(25)24-12-6-10-16-9-4-5-11-18(16)24/h1-3,7-8,16-18H,4-6,9-14H2,(H3,22,23,27)/t16-,17-,18+/m0/s1. The number of carbonyl (C=O) groups is 3. The average Bonchev–Trinajstić information content (AvgIpc) is 2.71. The number of rotatable bonds is 6. The summed E-state index contributed by atoms with van der Waals surface area (Å²) in [5.74, 6) is -0.222. The number of urea groups is 1. The van der Waals surface area contributed by atoms with Gasteiger partial charge in [-0.25, -0.2) is 9.59 Å². The lowest BCUT2D eigenvalue weighted by Crippen LogP contribution is -2.51. The summed E-state index contributed by atoms with van der Waals surface area (Å²) >= 11 is 0. The van der Waals surface area contributed by atoms with E-state index in [1.807, 2.05) is 35.2 Å². The van der Waals surface area contributed by atoms with Gasteiger partial charge < -0.3 is 20.7 Å². The van der Waals surface area contributed by atoms with Crippen molar-refractivity contribution in [1.82, 2.24) is 10.2 Å². The number of carbonyl (C=O) groups excluding carboxylic acids is 3. The summed E-state index contributed by atoms with van der Waals surface area (Å²) in [6, 6.07) is 7.83. The molecule has 1 aromatic carbocycles. The van der Waals surface area contributed by atoms with E-state index >= 15 is 0 Å². The van der Waals surface area contributed by atoms with Crippen LogP contribution in [0.5, 0.6) is 0 Å². The fourth-order valence-electron chi connectivity index (χ4n) is 4.47. The van der Waals surface area contributed by atoms with Crippen molar-refractivity contribution in [2.75, 3.05) is 13.2 Å². The summed E-state index contributed by atoms with van der Waals surface area (Å²) in [7, 11) is 0. The number of nitrogens with two attached hydrogens (primary N) is 1. The molecule has 1 saturated heterocycles. The van der Waals surface area contributed by atoms with Crippen LogP contribution in [0.1, 0.15) is 44.1 Å². The van der Waals surface area contributed by atoms with Crippen LogP contribution in [0.2, 0.25) is 0 Å². The van der Waals surface area contributed by atoms with E-state index in [0.717, 1.165) is 31.4 Å². The van der Waals surface area contributed by atoms with Crippen molar-refractivity contribution in [3.63, 3.8) is 0 Å². The smallest absolute Gasteiger partial charge is 0.329 e. The Bertz CT molecular complexity index is 692. The number of ether oxygens (including phenoxy) is 1. The molecule has 1 aliphatic heterocycles. The number of benzene rings is 1. The van der Waals surface area contributed by atoms with E-state index in [4.69, 9.17) is 10.5 Å². The average molecular weight is 387 g/mol. The van der Waals surface area contributed by atoms with Gasteiger partial charge in [-0.15, -0.1) is 0 Å². The zero-order valence-electron chi connectivity index (χ0n) is 16.1. The van der Waals surface area contributed by atoms with Gasteiger partial charge >= 0.3 is 12.0 Å². The first-order valence-electron chi connectivity index (χ1n) is 10.1. The zero-order chi connectivity index (χ0) is 19.9. The molecule has 3 rings (SSSR count). The molecule has 0 aromatic heterocycles. The number of nitrogens with zero attached hydrogens (tertiary/aromatic N) is 1. The normalized spacial score (nSPS) is 22.6. The number of piperidine rings is 1. The molecule has 0 radical (unpaired) electrons. The third-order valence-electron chi connectivity index (χ3n) is 5.79. The summed E-state index contributed by atoms with van der Waals surface area (Å²) in [6.45, 7) is 0.429. The fraction of sp³-hybridized carbons (Fsp3) is 0.571. The molecule has 0 spiro atoms. The molecule has 0 bridgehead atoms. The van der Waals surface area contributed by atoms with Crippen molar-refractivity contribution in [2.24, 2.45) is 11.7 Å². The van der Waals surface area contributed by atoms with E-state index in [1.165, 1.54) is 19.3 Å². The number of likely N-dealkylation sites (tertiary alicyclic amines) is 1. The van der Waals surface area contributed by atoms with Gasteiger partial charge in [0.15, 0.2) is 6.61 Å². The maximum Gasteiger partial charge on any atom is 0.329 e. The number of primary amides is 1. The largest absolute Gasteiger partial charge is 0.454 e. The van der Waals surface area contributed by atoms with Gasteiger partial charge in [-0.3, -0.25) is 4.79 Å². The predicted molar refractivity (Wildman–Crippen MR) is 104 cm³/mol. The lowest BCUT2D eigenvalue weighted by molar-refractivity contribution is -0.156. The number of esters is 1. The molecule has 2 fully saturated rings. The van der Waals surface area contributed by atoms with Gasteiger partial charge in [-0.05, 0) is 37.2 Å². The Labute approximate surface area is 165 Å². The van der Waals surface area contributed by atoms with E-state index in [-0.39, 0.29) is 25.0 Å². The Morgan fingerprint density at radius 3 is 2.57 bits per heavy atom. The van der Waals surface area contributed by atoms with Crippen LogP contribution in [-0.4, -0.2) is 48.0 Å². The first kappa shape index (κ1) is 20.2. The van der Waals surface area contributed by atoms with E-state index in [2.05, 4.69) is 5.32 Å². The maximum absolute atomic E-state index is 12.7. The zero-order valence-corrected chi connectivity index (χ0v) is 16.1. The monoisotopic (exact) mass is 387 g/mol. The van der Waals surface area contributed by atoms with Gasteiger partial charge in [0.25, 0.3) is 5.91 Å². The highest BCUT2D eigenvalue weighted by Gasteiger charge is 2.36. The van der Waals surface area contributed by atoms with Gasteiger partial charge in [-0.1, -0.05) is 43.2 Å². The molecule has 1 aromatic rings. The molecule has 3 N–H and O–H groups in total. The second kappa shape index (κ2) is 9.57. The number of fused-ring (bicyclic) bond motifs is 1. The molecule has 1 heterocycles. The lowest BCUT2D eigenvalue weighted by Gasteiger charge is -2.44. The minimum atomic E-state index is -0.920.